The van der Waals surface area contributed by atoms with Gasteiger partial charge in [0.2, 0.25) is 10.0 Å². The highest BCUT2D eigenvalue weighted by Gasteiger charge is 2.31. The molecule has 1 heterocycles. The maximum absolute atomic E-state index is 12.7. The van der Waals surface area contributed by atoms with Crippen LogP contribution in [0.15, 0.2) is 26.0 Å². The number of benzene rings is 1. The molecule has 0 aromatic heterocycles. The number of nitrogens with zero attached hydrogens (tertiary/aromatic N) is 1. The maximum Gasteiger partial charge on any atom is 0.246 e. The number of hydrogen-bond acceptors (Lipinski definition) is 3. The first kappa shape index (κ1) is 16.3. The van der Waals surface area contributed by atoms with Gasteiger partial charge in [-0.15, -0.1) is 0 Å². The molecule has 0 unspecified atom stereocenters. The first-order valence-corrected chi connectivity index (χ1v) is 9.63. The summed E-state index contributed by atoms with van der Waals surface area (Å²) >= 11 is 6.62. The van der Waals surface area contributed by atoms with E-state index in [1.165, 1.54) is 0 Å². The Balaban J connectivity index is 2.32. The molecule has 112 valence electrons. The van der Waals surface area contributed by atoms with Crippen LogP contribution in [0.25, 0.3) is 0 Å². The molecular formula is C13H18Br2N2O2S. The lowest BCUT2D eigenvalue weighted by Gasteiger charge is -2.31. The van der Waals surface area contributed by atoms with Crippen LogP contribution < -0.4 is 5.73 Å². The molecule has 7 heteroatoms. The highest BCUT2D eigenvalue weighted by molar-refractivity contribution is 9.11. The number of hydrogen-bond donors (Lipinski definition) is 1. The van der Waals surface area contributed by atoms with Gasteiger partial charge in [0.05, 0.1) is 5.69 Å². The van der Waals surface area contributed by atoms with Crippen molar-refractivity contribution in [2.24, 2.45) is 5.92 Å². The second-order valence-electron chi connectivity index (χ2n) is 5.06. The van der Waals surface area contributed by atoms with Crippen LogP contribution in [0.3, 0.4) is 0 Å². The Morgan fingerprint density at radius 3 is 2.40 bits per heavy atom. The normalized spacial score (nSPS) is 18.4. The van der Waals surface area contributed by atoms with Crippen LogP contribution in [-0.2, 0) is 10.0 Å². The third-order valence-corrected chi connectivity index (χ3v) is 7.15. The smallest absolute Gasteiger partial charge is 0.246 e. The molecule has 0 atom stereocenters. The van der Waals surface area contributed by atoms with E-state index in [9.17, 15) is 8.42 Å². The zero-order valence-corrected chi connectivity index (χ0v) is 15.3. The third kappa shape index (κ3) is 3.21. The number of nitrogen functional groups attached to an aromatic ring is 1. The molecule has 20 heavy (non-hydrogen) atoms. The van der Waals surface area contributed by atoms with E-state index < -0.39 is 10.0 Å². The van der Waals surface area contributed by atoms with Gasteiger partial charge in [0, 0.05) is 22.0 Å². The molecule has 1 saturated heterocycles. The highest BCUT2D eigenvalue weighted by atomic mass is 79.9. The summed E-state index contributed by atoms with van der Waals surface area (Å²) in [6.45, 7) is 3.30. The summed E-state index contributed by atoms with van der Waals surface area (Å²) < 4.78 is 28.3. The standard InChI is InChI=1S/C13H18Br2N2O2S/c1-2-9-3-5-17(6-4-9)20(18,19)13-11(15)7-10(14)8-12(13)16/h7-9H,2-6,16H2,1H3. The molecule has 1 aromatic rings. The average molecular weight is 426 g/mol. The number of piperidine rings is 1. The zero-order valence-electron chi connectivity index (χ0n) is 11.3. The minimum atomic E-state index is -3.53. The van der Waals surface area contributed by atoms with E-state index in [1.807, 2.05) is 0 Å². The number of anilines is 1. The molecule has 0 bridgehead atoms. The van der Waals surface area contributed by atoms with Crippen molar-refractivity contribution in [1.82, 2.24) is 4.31 Å². The van der Waals surface area contributed by atoms with E-state index in [-0.39, 0.29) is 10.6 Å². The van der Waals surface area contributed by atoms with Crippen molar-refractivity contribution in [2.45, 2.75) is 31.1 Å². The molecule has 1 aliphatic heterocycles. The van der Waals surface area contributed by atoms with E-state index in [0.717, 1.165) is 23.7 Å². The van der Waals surface area contributed by atoms with Gasteiger partial charge in [0.1, 0.15) is 4.90 Å². The van der Waals surface area contributed by atoms with E-state index in [1.54, 1.807) is 16.4 Å². The van der Waals surface area contributed by atoms with E-state index in [4.69, 9.17) is 5.73 Å². The quantitative estimate of drug-likeness (QED) is 0.752. The van der Waals surface area contributed by atoms with Gasteiger partial charge in [0.25, 0.3) is 0 Å². The van der Waals surface area contributed by atoms with E-state index in [0.29, 0.717) is 23.5 Å². The highest BCUT2D eigenvalue weighted by Crippen LogP contribution is 2.35. The molecule has 1 aliphatic rings. The number of sulfonamides is 1. The van der Waals surface area contributed by atoms with Crippen LogP contribution in [-0.4, -0.2) is 25.8 Å². The van der Waals surface area contributed by atoms with Gasteiger partial charge in [-0.1, -0.05) is 29.3 Å². The fraction of sp³-hybridized carbons (Fsp3) is 0.538. The minimum Gasteiger partial charge on any atom is -0.398 e. The van der Waals surface area contributed by atoms with E-state index in [2.05, 4.69) is 38.8 Å². The van der Waals surface area contributed by atoms with Crippen LogP contribution in [0.5, 0.6) is 0 Å². The second kappa shape index (κ2) is 6.34. The molecule has 1 fully saturated rings. The van der Waals surface area contributed by atoms with Crippen molar-refractivity contribution in [3.05, 3.63) is 21.1 Å². The molecule has 2 N–H and O–H groups in total. The molecule has 0 radical (unpaired) electrons. The number of halogens is 2. The second-order valence-corrected chi connectivity index (χ2v) is 8.71. The fourth-order valence-corrected chi connectivity index (χ4v) is 6.02. The Morgan fingerprint density at radius 2 is 1.90 bits per heavy atom. The van der Waals surface area contributed by atoms with Crippen LogP contribution in [0.2, 0.25) is 0 Å². The van der Waals surface area contributed by atoms with Gasteiger partial charge >= 0.3 is 0 Å². The molecule has 4 nitrogen and oxygen atoms in total. The first-order chi connectivity index (χ1) is 9.36. The summed E-state index contributed by atoms with van der Waals surface area (Å²) in [5.41, 5.74) is 6.17. The maximum atomic E-state index is 12.7. The lowest BCUT2D eigenvalue weighted by atomic mass is 9.96. The van der Waals surface area contributed by atoms with Crippen molar-refractivity contribution in [2.75, 3.05) is 18.8 Å². The van der Waals surface area contributed by atoms with Crippen LogP contribution in [0.1, 0.15) is 26.2 Å². The molecule has 0 aliphatic carbocycles. The van der Waals surface area contributed by atoms with Gasteiger partial charge < -0.3 is 5.73 Å². The molecule has 0 spiro atoms. The predicted molar refractivity (Wildman–Crippen MR) is 88.0 cm³/mol. The van der Waals surface area contributed by atoms with Gasteiger partial charge in [0.15, 0.2) is 0 Å². The summed E-state index contributed by atoms with van der Waals surface area (Å²) in [6, 6.07) is 3.33. The Bertz CT molecular complexity index is 573. The van der Waals surface area contributed by atoms with Crippen LogP contribution in [0, 0.1) is 5.92 Å². The summed E-state index contributed by atoms with van der Waals surface area (Å²) in [5, 5.41) is 0. The van der Waals surface area contributed by atoms with Crippen molar-refractivity contribution in [3.8, 4) is 0 Å². The Hall–Kier alpha value is -0.110. The molecule has 0 amide bonds. The molecule has 2 rings (SSSR count). The van der Waals surface area contributed by atoms with Crippen LogP contribution in [0.4, 0.5) is 5.69 Å². The summed E-state index contributed by atoms with van der Waals surface area (Å²) in [4.78, 5) is 0.177. The average Bonchev–Trinajstić information content (AvgIpc) is 2.37. The largest absolute Gasteiger partial charge is 0.398 e. The predicted octanol–water partition coefficient (Wildman–Crippen LogP) is 3.60. The number of nitrogens with two attached hydrogens (primary N) is 1. The van der Waals surface area contributed by atoms with Gasteiger partial charge in [-0.3, -0.25) is 0 Å². The summed E-state index contributed by atoms with van der Waals surface area (Å²) in [7, 11) is -3.53. The lowest BCUT2D eigenvalue weighted by Crippen LogP contribution is -2.38. The Labute approximate surface area is 137 Å². The Morgan fingerprint density at radius 1 is 1.30 bits per heavy atom. The molecule has 1 aromatic carbocycles. The number of rotatable bonds is 3. The van der Waals surface area contributed by atoms with Gasteiger partial charge in [-0.05, 0) is 46.8 Å². The summed E-state index contributed by atoms with van der Waals surface area (Å²) in [5.74, 6) is 0.632. The van der Waals surface area contributed by atoms with E-state index >= 15 is 0 Å². The lowest BCUT2D eigenvalue weighted by molar-refractivity contribution is 0.269. The zero-order chi connectivity index (χ0) is 14.9. The third-order valence-electron chi connectivity index (χ3n) is 3.79. The van der Waals surface area contributed by atoms with Gasteiger partial charge in [-0.25, -0.2) is 8.42 Å². The minimum absolute atomic E-state index is 0.177. The molecular weight excluding hydrogens is 408 g/mol. The molecule has 0 saturated carbocycles. The Kier molecular flexibility index (Phi) is 5.15. The summed E-state index contributed by atoms with van der Waals surface area (Å²) in [6.07, 6.45) is 2.95. The van der Waals surface area contributed by atoms with Crippen LogP contribution >= 0.6 is 31.9 Å². The SMILES string of the molecule is CCC1CCN(S(=O)(=O)c2c(N)cc(Br)cc2Br)CC1. The fourth-order valence-electron chi connectivity index (χ4n) is 2.54. The van der Waals surface area contributed by atoms with Crippen molar-refractivity contribution in [1.29, 1.82) is 0 Å². The first-order valence-electron chi connectivity index (χ1n) is 6.61. The van der Waals surface area contributed by atoms with Gasteiger partial charge in [-0.2, -0.15) is 4.31 Å². The van der Waals surface area contributed by atoms with Crippen molar-refractivity contribution in [3.63, 3.8) is 0 Å². The monoisotopic (exact) mass is 424 g/mol. The topological polar surface area (TPSA) is 63.4 Å². The van der Waals surface area contributed by atoms with Crippen molar-refractivity contribution < 1.29 is 8.42 Å². The van der Waals surface area contributed by atoms with Crippen molar-refractivity contribution >= 4 is 47.6 Å².